The molecule has 2 atom stereocenters. The predicted molar refractivity (Wildman–Crippen MR) is 138 cm³/mol. The Morgan fingerprint density at radius 1 is 0.972 bits per heavy atom. The number of rotatable bonds is 4. The molecule has 1 saturated heterocycles. The highest BCUT2D eigenvalue weighted by molar-refractivity contribution is 5.97. The first kappa shape index (κ1) is 23.7. The molecule has 0 aliphatic carbocycles. The lowest BCUT2D eigenvalue weighted by Gasteiger charge is -2.42. The smallest absolute Gasteiger partial charge is 0.415 e. The molecule has 1 aliphatic rings. The SMILES string of the molecule is COc1cc2ncnc(-c3cn(C)nc3-c3ccccc3)c2cc1OC(=O)N1CCN(C)[C@H](C)[C@@H]1C. The van der Waals surface area contributed by atoms with Crippen LogP contribution in [0.3, 0.4) is 0 Å². The van der Waals surface area contributed by atoms with Crippen LogP contribution in [-0.4, -0.2) is 75.0 Å². The fraction of sp³-hybridized carbons (Fsp3) is 0.333. The number of amides is 1. The van der Waals surface area contributed by atoms with Crippen molar-refractivity contribution in [3.63, 3.8) is 0 Å². The van der Waals surface area contributed by atoms with E-state index in [1.165, 1.54) is 6.33 Å². The summed E-state index contributed by atoms with van der Waals surface area (Å²) in [5.41, 5.74) is 4.04. The van der Waals surface area contributed by atoms with Crippen molar-refractivity contribution in [3.05, 3.63) is 55.0 Å². The van der Waals surface area contributed by atoms with E-state index >= 15 is 0 Å². The van der Waals surface area contributed by atoms with Gasteiger partial charge in [0.05, 0.1) is 18.3 Å². The summed E-state index contributed by atoms with van der Waals surface area (Å²) in [5.74, 6) is 0.764. The molecule has 9 nitrogen and oxygen atoms in total. The summed E-state index contributed by atoms with van der Waals surface area (Å²) in [6, 6.07) is 13.8. The molecule has 0 saturated carbocycles. The van der Waals surface area contributed by atoms with Crippen LogP contribution in [-0.2, 0) is 7.05 Å². The van der Waals surface area contributed by atoms with Gasteiger partial charge >= 0.3 is 6.09 Å². The van der Waals surface area contributed by atoms with Gasteiger partial charge in [-0.3, -0.25) is 9.58 Å². The number of hydrogen-bond acceptors (Lipinski definition) is 7. The van der Waals surface area contributed by atoms with Gasteiger partial charge in [0.15, 0.2) is 11.5 Å². The molecule has 1 aliphatic heterocycles. The van der Waals surface area contributed by atoms with E-state index in [0.717, 1.165) is 28.8 Å². The van der Waals surface area contributed by atoms with Gasteiger partial charge in [0.1, 0.15) is 12.0 Å². The zero-order chi connectivity index (χ0) is 25.4. The molecule has 0 spiro atoms. The van der Waals surface area contributed by atoms with Crippen LogP contribution in [0.4, 0.5) is 4.79 Å². The normalized spacial score (nSPS) is 18.4. The van der Waals surface area contributed by atoms with Crippen LogP contribution < -0.4 is 9.47 Å². The Kier molecular flexibility index (Phi) is 6.32. The maximum absolute atomic E-state index is 13.2. The van der Waals surface area contributed by atoms with Gasteiger partial charge in [-0.25, -0.2) is 14.8 Å². The molecule has 1 amide bonds. The van der Waals surface area contributed by atoms with Gasteiger partial charge in [0.2, 0.25) is 0 Å². The van der Waals surface area contributed by atoms with E-state index < -0.39 is 6.09 Å². The van der Waals surface area contributed by atoms with E-state index in [4.69, 9.17) is 9.47 Å². The summed E-state index contributed by atoms with van der Waals surface area (Å²) < 4.78 is 13.3. The first-order chi connectivity index (χ1) is 17.4. The first-order valence-electron chi connectivity index (χ1n) is 12.0. The molecular formula is C27H30N6O3. The number of methoxy groups -OCH3 is 1. The Morgan fingerprint density at radius 3 is 2.50 bits per heavy atom. The van der Waals surface area contributed by atoms with Gasteiger partial charge in [-0.05, 0) is 27.0 Å². The molecule has 0 bridgehead atoms. The number of ether oxygens (including phenoxy) is 2. The summed E-state index contributed by atoms with van der Waals surface area (Å²) in [6.07, 6.45) is 3.07. The fourth-order valence-electron chi connectivity index (χ4n) is 4.70. The zero-order valence-corrected chi connectivity index (χ0v) is 21.2. The maximum Gasteiger partial charge on any atom is 0.415 e. The van der Waals surface area contributed by atoms with E-state index in [1.54, 1.807) is 28.8 Å². The van der Waals surface area contributed by atoms with E-state index in [9.17, 15) is 4.79 Å². The minimum atomic E-state index is -0.398. The summed E-state index contributed by atoms with van der Waals surface area (Å²) in [6.45, 7) is 5.54. The molecule has 1 fully saturated rings. The average molecular weight is 487 g/mol. The second-order valence-corrected chi connectivity index (χ2v) is 9.20. The standard InChI is InChI=1S/C27H30N6O3/c1-17-18(2)33(12-11-31(17)3)27(34)36-24-13-20-22(14-23(24)35-5)28-16-29-26(20)21-15-32(4)30-25(21)19-9-7-6-8-10-19/h6-10,13-18H,11-12H2,1-5H3/t17-,18+/m1/s1. The monoisotopic (exact) mass is 486 g/mol. The topological polar surface area (TPSA) is 85.6 Å². The van der Waals surface area contributed by atoms with Crippen LogP contribution in [0, 0.1) is 0 Å². The first-order valence-corrected chi connectivity index (χ1v) is 12.0. The van der Waals surface area contributed by atoms with E-state index in [-0.39, 0.29) is 12.1 Å². The van der Waals surface area contributed by atoms with Crippen LogP contribution in [0.15, 0.2) is 55.0 Å². The molecule has 4 aromatic rings. The molecule has 5 rings (SSSR count). The molecule has 3 heterocycles. The number of likely N-dealkylation sites (N-methyl/N-ethyl adjacent to an activating group) is 1. The van der Waals surface area contributed by atoms with Crippen molar-refractivity contribution >= 4 is 17.0 Å². The molecule has 0 N–H and O–H groups in total. The maximum atomic E-state index is 13.2. The minimum absolute atomic E-state index is 0.0189. The molecule has 2 aromatic carbocycles. The van der Waals surface area contributed by atoms with Crippen molar-refractivity contribution in [2.75, 3.05) is 27.2 Å². The molecule has 2 aromatic heterocycles. The quantitative estimate of drug-likeness (QED) is 0.427. The van der Waals surface area contributed by atoms with Crippen LogP contribution >= 0.6 is 0 Å². The number of aryl methyl sites for hydroxylation is 1. The Morgan fingerprint density at radius 2 is 1.75 bits per heavy atom. The largest absolute Gasteiger partial charge is 0.493 e. The van der Waals surface area contributed by atoms with Gasteiger partial charge in [-0.1, -0.05) is 30.3 Å². The van der Waals surface area contributed by atoms with Gasteiger partial charge in [-0.2, -0.15) is 5.10 Å². The predicted octanol–water partition coefficient (Wildman–Crippen LogP) is 4.23. The minimum Gasteiger partial charge on any atom is -0.493 e. The average Bonchev–Trinajstić information content (AvgIpc) is 3.28. The lowest BCUT2D eigenvalue weighted by atomic mass is 10.0. The van der Waals surface area contributed by atoms with Gasteiger partial charge in [0.25, 0.3) is 0 Å². The van der Waals surface area contributed by atoms with Crippen molar-refractivity contribution in [3.8, 4) is 34.0 Å². The third-order valence-corrected chi connectivity index (χ3v) is 7.06. The number of hydrogen-bond donors (Lipinski definition) is 0. The number of carbonyl (C=O) groups is 1. The highest BCUT2D eigenvalue weighted by Gasteiger charge is 2.33. The number of fused-ring (bicyclic) bond motifs is 1. The van der Waals surface area contributed by atoms with Crippen LogP contribution in [0.2, 0.25) is 0 Å². The molecule has 0 unspecified atom stereocenters. The summed E-state index contributed by atoms with van der Waals surface area (Å²) in [7, 11) is 5.50. The summed E-state index contributed by atoms with van der Waals surface area (Å²) in [5, 5.41) is 5.43. The molecule has 36 heavy (non-hydrogen) atoms. The number of piperazine rings is 1. The van der Waals surface area contributed by atoms with Crippen LogP contribution in [0.25, 0.3) is 33.4 Å². The third kappa shape index (κ3) is 4.26. The second kappa shape index (κ2) is 9.58. The third-order valence-electron chi connectivity index (χ3n) is 7.06. The van der Waals surface area contributed by atoms with Gasteiger partial charge < -0.3 is 14.4 Å². The number of nitrogens with zero attached hydrogens (tertiary/aromatic N) is 6. The highest BCUT2D eigenvalue weighted by Crippen LogP contribution is 2.38. The van der Waals surface area contributed by atoms with Crippen molar-refractivity contribution in [2.24, 2.45) is 7.05 Å². The van der Waals surface area contributed by atoms with Crippen molar-refractivity contribution in [2.45, 2.75) is 25.9 Å². The Bertz CT molecular complexity index is 1400. The highest BCUT2D eigenvalue weighted by atomic mass is 16.6. The lowest BCUT2D eigenvalue weighted by Crippen LogP contribution is -2.58. The van der Waals surface area contributed by atoms with E-state index in [1.807, 2.05) is 50.5 Å². The van der Waals surface area contributed by atoms with E-state index in [2.05, 4.69) is 33.9 Å². The number of aromatic nitrogens is 4. The number of benzene rings is 2. The molecular weight excluding hydrogens is 456 g/mol. The Balaban J connectivity index is 1.57. The molecule has 186 valence electrons. The summed E-state index contributed by atoms with van der Waals surface area (Å²) >= 11 is 0. The van der Waals surface area contributed by atoms with Crippen LogP contribution in [0.1, 0.15) is 13.8 Å². The van der Waals surface area contributed by atoms with Crippen molar-refractivity contribution in [1.29, 1.82) is 0 Å². The van der Waals surface area contributed by atoms with Gasteiger partial charge in [-0.15, -0.1) is 0 Å². The Hall–Kier alpha value is -3.98. The lowest BCUT2D eigenvalue weighted by molar-refractivity contribution is 0.0549. The Labute approximate surface area is 210 Å². The van der Waals surface area contributed by atoms with Gasteiger partial charge in [0, 0.05) is 61.0 Å². The van der Waals surface area contributed by atoms with Crippen LogP contribution in [0.5, 0.6) is 11.5 Å². The van der Waals surface area contributed by atoms with Crippen molar-refractivity contribution in [1.82, 2.24) is 29.5 Å². The van der Waals surface area contributed by atoms with E-state index in [0.29, 0.717) is 29.3 Å². The second-order valence-electron chi connectivity index (χ2n) is 9.20. The fourth-order valence-corrected chi connectivity index (χ4v) is 4.70. The molecule has 0 radical (unpaired) electrons. The molecule has 9 heteroatoms. The summed E-state index contributed by atoms with van der Waals surface area (Å²) in [4.78, 5) is 26.3. The number of carbonyl (C=O) groups excluding carboxylic acids is 1. The van der Waals surface area contributed by atoms with Crippen molar-refractivity contribution < 1.29 is 14.3 Å². The zero-order valence-electron chi connectivity index (χ0n) is 21.2.